The highest BCUT2D eigenvalue weighted by molar-refractivity contribution is 7.92. The summed E-state index contributed by atoms with van der Waals surface area (Å²) in [6.45, 7) is 3.79. The van der Waals surface area contributed by atoms with Crippen LogP contribution in [0.5, 0.6) is 5.75 Å². The summed E-state index contributed by atoms with van der Waals surface area (Å²) in [4.78, 5) is 29.1. The average molecular weight is 600 g/mol. The van der Waals surface area contributed by atoms with Crippen LogP contribution in [-0.4, -0.2) is 51.4 Å². The zero-order chi connectivity index (χ0) is 30.8. The molecule has 0 saturated heterocycles. The second-order valence-corrected chi connectivity index (χ2v) is 11.9. The van der Waals surface area contributed by atoms with Gasteiger partial charge in [0.25, 0.3) is 10.0 Å². The van der Waals surface area contributed by atoms with Crippen molar-refractivity contribution in [1.29, 1.82) is 0 Å². The smallest absolute Gasteiger partial charge is 0.264 e. The van der Waals surface area contributed by atoms with Crippen molar-refractivity contribution in [3.8, 4) is 5.75 Å². The van der Waals surface area contributed by atoms with Gasteiger partial charge < -0.3 is 15.0 Å². The molecule has 1 unspecified atom stereocenters. The lowest BCUT2D eigenvalue weighted by Crippen LogP contribution is -2.53. The van der Waals surface area contributed by atoms with E-state index in [0.717, 1.165) is 21.0 Å². The van der Waals surface area contributed by atoms with E-state index in [0.29, 0.717) is 18.0 Å². The Kier molecular flexibility index (Phi) is 10.6. The standard InChI is InChI=1S/C34H37N3O5S/c1-4-42-30-19-17-29(18-20-30)37(43(40,41)31-21-15-26(2)16-22-31)25-33(38)36(24-28-13-9-6-10-14-28)32(34(39)35-3)23-27-11-7-5-8-12-27/h5-22,32H,4,23-25H2,1-3H3,(H,35,39). The van der Waals surface area contributed by atoms with Crippen molar-refractivity contribution in [2.24, 2.45) is 0 Å². The van der Waals surface area contributed by atoms with Crippen molar-refractivity contribution in [3.05, 3.63) is 126 Å². The van der Waals surface area contributed by atoms with Gasteiger partial charge in [-0.2, -0.15) is 0 Å². The minimum atomic E-state index is -4.16. The SMILES string of the molecule is CCOc1ccc(N(CC(=O)N(Cc2ccccc2)C(Cc2ccccc2)C(=O)NC)S(=O)(=O)c2ccc(C)cc2)cc1. The summed E-state index contributed by atoms with van der Waals surface area (Å²) in [5, 5.41) is 2.69. The fourth-order valence-corrected chi connectivity index (χ4v) is 6.16. The van der Waals surface area contributed by atoms with Gasteiger partial charge in [-0.05, 0) is 61.4 Å². The van der Waals surface area contributed by atoms with Crippen molar-refractivity contribution in [2.45, 2.75) is 37.8 Å². The van der Waals surface area contributed by atoms with Crippen LogP contribution in [0.3, 0.4) is 0 Å². The Labute approximate surface area is 254 Å². The highest BCUT2D eigenvalue weighted by Crippen LogP contribution is 2.27. The van der Waals surface area contributed by atoms with Gasteiger partial charge in [0.15, 0.2) is 0 Å². The number of hydrogen-bond donors (Lipinski definition) is 1. The van der Waals surface area contributed by atoms with Gasteiger partial charge in [0.2, 0.25) is 11.8 Å². The fourth-order valence-electron chi connectivity index (χ4n) is 4.74. The van der Waals surface area contributed by atoms with Crippen LogP contribution in [0.1, 0.15) is 23.6 Å². The predicted octanol–water partition coefficient (Wildman–Crippen LogP) is 4.98. The molecule has 8 nitrogen and oxygen atoms in total. The van der Waals surface area contributed by atoms with E-state index in [-0.39, 0.29) is 23.8 Å². The van der Waals surface area contributed by atoms with E-state index in [1.807, 2.05) is 74.5 Å². The summed E-state index contributed by atoms with van der Waals surface area (Å²) in [5.41, 5.74) is 2.90. The third-order valence-electron chi connectivity index (χ3n) is 7.04. The molecule has 0 aliphatic rings. The molecule has 0 aromatic heterocycles. The van der Waals surface area contributed by atoms with Crippen molar-refractivity contribution in [2.75, 3.05) is 24.5 Å². The maximum Gasteiger partial charge on any atom is 0.264 e. The first kappa shape index (κ1) is 31.3. The van der Waals surface area contributed by atoms with Gasteiger partial charge in [0.1, 0.15) is 18.3 Å². The summed E-state index contributed by atoms with van der Waals surface area (Å²) >= 11 is 0. The number of rotatable bonds is 13. The van der Waals surface area contributed by atoms with Gasteiger partial charge in [-0.25, -0.2) is 8.42 Å². The number of carbonyl (C=O) groups excluding carboxylic acids is 2. The molecule has 0 heterocycles. The summed E-state index contributed by atoms with van der Waals surface area (Å²) in [6, 6.07) is 31.0. The number of amides is 2. The number of nitrogens with one attached hydrogen (secondary N) is 1. The Balaban J connectivity index is 1.77. The van der Waals surface area contributed by atoms with Gasteiger partial charge in [0.05, 0.1) is 17.2 Å². The highest BCUT2D eigenvalue weighted by Gasteiger charge is 2.34. The molecular formula is C34H37N3O5S. The Morgan fingerprint density at radius 1 is 0.814 bits per heavy atom. The molecule has 1 N–H and O–H groups in total. The molecule has 4 aromatic rings. The van der Waals surface area contributed by atoms with Crippen LogP contribution in [0.25, 0.3) is 0 Å². The molecule has 0 radical (unpaired) electrons. The maximum absolute atomic E-state index is 14.3. The first-order chi connectivity index (χ1) is 20.7. The molecule has 9 heteroatoms. The molecule has 4 aromatic carbocycles. The zero-order valence-corrected chi connectivity index (χ0v) is 25.5. The number of sulfonamides is 1. The summed E-state index contributed by atoms with van der Waals surface area (Å²) in [7, 11) is -2.64. The predicted molar refractivity (Wildman–Crippen MR) is 168 cm³/mol. The number of ether oxygens (including phenoxy) is 1. The van der Waals surface area contributed by atoms with Crippen molar-refractivity contribution >= 4 is 27.5 Å². The van der Waals surface area contributed by atoms with Gasteiger partial charge in [-0.15, -0.1) is 0 Å². The Morgan fingerprint density at radius 2 is 1.40 bits per heavy atom. The van der Waals surface area contributed by atoms with Crippen molar-refractivity contribution in [3.63, 3.8) is 0 Å². The van der Waals surface area contributed by atoms with Crippen LogP contribution in [-0.2, 0) is 32.6 Å². The number of aryl methyl sites for hydroxylation is 1. The van der Waals surface area contributed by atoms with E-state index in [1.54, 1.807) is 36.4 Å². The second-order valence-electron chi connectivity index (χ2n) is 10.1. The molecule has 0 fully saturated rings. The van der Waals surface area contributed by atoms with E-state index < -0.39 is 28.5 Å². The Morgan fingerprint density at radius 3 is 1.95 bits per heavy atom. The van der Waals surface area contributed by atoms with Gasteiger partial charge in [-0.3, -0.25) is 13.9 Å². The third kappa shape index (κ3) is 8.02. The molecule has 0 aliphatic heterocycles. The van der Waals surface area contributed by atoms with Gasteiger partial charge in [0, 0.05) is 20.0 Å². The molecule has 43 heavy (non-hydrogen) atoms. The van der Waals surface area contributed by atoms with Crippen LogP contribution in [0.15, 0.2) is 114 Å². The molecule has 0 aliphatic carbocycles. The monoisotopic (exact) mass is 599 g/mol. The van der Waals surface area contributed by atoms with Crippen molar-refractivity contribution < 1.29 is 22.7 Å². The number of likely N-dealkylation sites (N-methyl/N-ethyl adjacent to an activating group) is 1. The van der Waals surface area contributed by atoms with E-state index in [4.69, 9.17) is 4.74 Å². The lowest BCUT2D eigenvalue weighted by atomic mass is 10.0. The number of nitrogens with zero attached hydrogens (tertiary/aromatic N) is 2. The van der Waals surface area contributed by atoms with Crippen LogP contribution in [0.2, 0.25) is 0 Å². The molecular weight excluding hydrogens is 562 g/mol. The van der Waals surface area contributed by atoms with Crippen LogP contribution < -0.4 is 14.4 Å². The quantitative estimate of drug-likeness (QED) is 0.234. The topological polar surface area (TPSA) is 96.0 Å². The first-order valence-corrected chi connectivity index (χ1v) is 15.6. The van der Waals surface area contributed by atoms with Crippen LogP contribution in [0, 0.1) is 6.92 Å². The average Bonchev–Trinajstić information content (AvgIpc) is 3.03. The van der Waals surface area contributed by atoms with Gasteiger partial charge in [-0.1, -0.05) is 78.4 Å². The summed E-state index contributed by atoms with van der Waals surface area (Å²) in [6.07, 6.45) is 0.257. The molecule has 0 saturated carbocycles. The third-order valence-corrected chi connectivity index (χ3v) is 8.82. The Hall–Kier alpha value is -4.63. The van der Waals surface area contributed by atoms with Crippen molar-refractivity contribution in [1.82, 2.24) is 10.2 Å². The highest BCUT2D eigenvalue weighted by atomic mass is 32.2. The number of benzene rings is 4. The molecule has 0 spiro atoms. The van der Waals surface area contributed by atoms with E-state index in [1.165, 1.54) is 24.1 Å². The number of carbonyl (C=O) groups is 2. The normalized spacial score (nSPS) is 11.8. The zero-order valence-electron chi connectivity index (χ0n) is 24.6. The van der Waals surface area contributed by atoms with Gasteiger partial charge >= 0.3 is 0 Å². The number of hydrogen-bond acceptors (Lipinski definition) is 5. The minimum Gasteiger partial charge on any atom is -0.494 e. The first-order valence-electron chi connectivity index (χ1n) is 14.1. The molecule has 2 amide bonds. The molecule has 0 bridgehead atoms. The number of anilines is 1. The maximum atomic E-state index is 14.3. The van der Waals surface area contributed by atoms with E-state index in [9.17, 15) is 18.0 Å². The lowest BCUT2D eigenvalue weighted by Gasteiger charge is -2.33. The minimum absolute atomic E-state index is 0.0570. The second kappa shape index (κ2) is 14.5. The lowest BCUT2D eigenvalue weighted by molar-refractivity contribution is -0.139. The molecule has 1 atom stereocenters. The summed E-state index contributed by atoms with van der Waals surface area (Å²) in [5.74, 6) is -0.279. The molecule has 224 valence electrons. The van der Waals surface area contributed by atoms with Crippen LogP contribution in [0.4, 0.5) is 5.69 Å². The van der Waals surface area contributed by atoms with E-state index >= 15 is 0 Å². The fraction of sp³-hybridized carbons (Fsp3) is 0.235. The molecule has 4 rings (SSSR count). The van der Waals surface area contributed by atoms with E-state index in [2.05, 4.69) is 5.32 Å². The van der Waals surface area contributed by atoms with Crippen LogP contribution >= 0.6 is 0 Å². The summed E-state index contributed by atoms with van der Waals surface area (Å²) < 4.78 is 34.8. The largest absolute Gasteiger partial charge is 0.494 e. The Bertz CT molecular complexity index is 1590.